The van der Waals surface area contributed by atoms with E-state index in [1.54, 1.807) is 6.07 Å². The molecule has 0 atom stereocenters. The lowest BCUT2D eigenvalue weighted by Gasteiger charge is -2.25. The van der Waals surface area contributed by atoms with Gasteiger partial charge in [-0.25, -0.2) is 9.18 Å². The van der Waals surface area contributed by atoms with Crippen molar-refractivity contribution in [3.63, 3.8) is 0 Å². The maximum absolute atomic E-state index is 13.1. The molecule has 120 valence electrons. The van der Waals surface area contributed by atoms with Gasteiger partial charge in [0.2, 0.25) is 0 Å². The predicted octanol–water partition coefficient (Wildman–Crippen LogP) is 3.98. The number of halogens is 2. The number of nitrogens with one attached hydrogen (secondary N) is 1. The molecule has 0 saturated carbocycles. The smallest absolute Gasteiger partial charge is 0.323 e. The van der Waals surface area contributed by atoms with Gasteiger partial charge < -0.3 is 5.32 Å². The molecule has 6 heteroatoms. The van der Waals surface area contributed by atoms with Gasteiger partial charge in [0.05, 0.1) is 6.54 Å². The van der Waals surface area contributed by atoms with Crippen molar-refractivity contribution in [2.75, 3.05) is 0 Å². The number of rotatable bonds is 6. The lowest BCUT2D eigenvalue weighted by atomic mass is 9.88. The Bertz CT molecular complexity index is 586. The van der Waals surface area contributed by atoms with Gasteiger partial charge in [0.15, 0.2) is 0 Å². The van der Waals surface area contributed by atoms with Crippen LogP contribution in [0.4, 0.5) is 9.18 Å². The van der Waals surface area contributed by atoms with Crippen LogP contribution in [0.15, 0.2) is 22.7 Å². The second-order valence-corrected chi connectivity index (χ2v) is 6.49. The zero-order chi connectivity index (χ0) is 16.3. The van der Waals surface area contributed by atoms with E-state index in [9.17, 15) is 14.0 Å². The van der Waals surface area contributed by atoms with Gasteiger partial charge in [-0.3, -0.25) is 9.69 Å². The lowest BCUT2D eigenvalue weighted by Crippen LogP contribution is -2.46. The van der Waals surface area contributed by atoms with E-state index in [-0.39, 0.29) is 24.3 Å². The number of benzene rings is 1. The van der Waals surface area contributed by atoms with E-state index >= 15 is 0 Å². The van der Waals surface area contributed by atoms with Crippen LogP contribution in [0.5, 0.6) is 0 Å². The molecule has 0 unspecified atom stereocenters. The highest BCUT2D eigenvalue weighted by Crippen LogP contribution is 2.30. The van der Waals surface area contributed by atoms with Crippen LogP contribution in [-0.2, 0) is 11.3 Å². The molecule has 3 amide bonds. The van der Waals surface area contributed by atoms with Gasteiger partial charge in [0, 0.05) is 4.47 Å². The number of carbonyl (C=O) groups is 2. The summed E-state index contributed by atoms with van der Waals surface area (Å²) in [5.74, 6) is -0.545. The zero-order valence-electron chi connectivity index (χ0n) is 12.8. The minimum absolute atomic E-state index is 0.140. The molecule has 0 spiro atoms. The van der Waals surface area contributed by atoms with Gasteiger partial charge in [-0.15, -0.1) is 0 Å². The largest absolute Gasteiger partial charge is 0.325 e. The monoisotopic (exact) mass is 370 g/mol. The third-order valence-corrected chi connectivity index (χ3v) is 4.68. The molecule has 4 nitrogen and oxygen atoms in total. The summed E-state index contributed by atoms with van der Waals surface area (Å²) >= 11 is 3.27. The second-order valence-electron chi connectivity index (χ2n) is 5.64. The summed E-state index contributed by atoms with van der Waals surface area (Å²) in [7, 11) is 0. The quantitative estimate of drug-likeness (QED) is 0.769. The molecule has 1 saturated heterocycles. The van der Waals surface area contributed by atoms with Crippen LogP contribution >= 0.6 is 15.9 Å². The SMILES string of the molecule is CCCC1(CCC)NC(=O)N(Cc2ccc(F)cc2Br)C1=O. The fourth-order valence-electron chi connectivity index (χ4n) is 2.96. The Morgan fingerprint density at radius 2 is 1.86 bits per heavy atom. The van der Waals surface area contributed by atoms with Crippen LogP contribution in [0.1, 0.15) is 45.1 Å². The van der Waals surface area contributed by atoms with Crippen molar-refractivity contribution < 1.29 is 14.0 Å². The number of carbonyl (C=O) groups excluding carboxylic acids is 2. The van der Waals surface area contributed by atoms with Gasteiger partial charge in [-0.05, 0) is 30.5 Å². The summed E-state index contributed by atoms with van der Waals surface area (Å²) in [6.45, 7) is 4.13. The molecule has 0 bridgehead atoms. The Kier molecular flexibility index (Phi) is 5.21. The summed E-state index contributed by atoms with van der Waals surface area (Å²) in [6.07, 6.45) is 2.90. The predicted molar refractivity (Wildman–Crippen MR) is 85.7 cm³/mol. The average Bonchev–Trinajstić information content (AvgIpc) is 2.67. The van der Waals surface area contributed by atoms with Crippen LogP contribution in [0.2, 0.25) is 0 Å². The fourth-order valence-corrected chi connectivity index (χ4v) is 3.43. The van der Waals surface area contributed by atoms with Crippen LogP contribution in [0.3, 0.4) is 0 Å². The summed E-state index contributed by atoms with van der Waals surface area (Å²) in [5, 5.41) is 2.87. The summed E-state index contributed by atoms with van der Waals surface area (Å²) in [5.41, 5.74) is -0.0821. The molecule has 2 rings (SSSR count). The minimum atomic E-state index is -0.785. The third-order valence-electron chi connectivity index (χ3n) is 3.94. The standard InChI is InChI=1S/C16H20BrFN2O2/c1-3-7-16(8-4-2)14(21)20(15(22)19-16)10-11-5-6-12(18)9-13(11)17/h5-6,9H,3-4,7-8,10H2,1-2H3,(H,19,22). The maximum Gasteiger partial charge on any atom is 0.325 e. The second kappa shape index (κ2) is 6.77. The number of hydrogen-bond acceptors (Lipinski definition) is 2. The van der Waals surface area contributed by atoms with Crippen LogP contribution in [-0.4, -0.2) is 22.4 Å². The van der Waals surface area contributed by atoms with Crippen molar-refractivity contribution in [3.05, 3.63) is 34.1 Å². The highest BCUT2D eigenvalue weighted by molar-refractivity contribution is 9.10. The van der Waals surface area contributed by atoms with E-state index in [4.69, 9.17) is 0 Å². The first-order valence-corrected chi connectivity index (χ1v) is 8.31. The maximum atomic E-state index is 13.1. The van der Waals surface area contributed by atoms with Crippen molar-refractivity contribution in [1.29, 1.82) is 0 Å². The number of nitrogens with zero attached hydrogens (tertiary/aromatic N) is 1. The molecule has 1 aliphatic rings. The normalized spacial score (nSPS) is 17.0. The lowest BCUT2D eigenvalue weighted by molar-refractivity contribution is -0.132. The van der Waals surface area contributed by atoms with Gasteiger partial charge in [0.25, 0.3) is 5.91 Å². The first kappa shape index (κ1) is 16.9. The van der Waals surface area contributed by atoms with Crippen molar-refractivity contribution in [3.8, 4) is 0 Å². The third kappa shape index (κ3) is 3.16. The van der Waals surface area contributed by atoms with Crippen molar-refractivity contribution in [2.24, 2.45) is 0 Å². The fraction of sp³-hybridized carbons (Fsp3) is 0.500. The van der Waals surface area contributed by atoms with Crippen molar-refractivity contribution in [2.45, 2.75) is 51.6 Å². The van der Waals surface area contributed by atoms with E-state index in [0.29, 0.717) is 22.9 Å². The number of amides is 3. The first-order chi connectivity index (χ1) is 10.4. The van der Waals surface area contributed by atoms with E-state index in [2.05, 4.69) is 21.2 Å². The van der Waals surface area contributed by atoms with Crippen molar-refractivity contribution in [1.82, 2.24) is 10.2 Å². The Morgan fingerprint density at radius 3 is 2.41 bits per heavy atom. The van der Waals surface area contributed by atoms with E-state index in [1.807, 2.05) is 13.8 Å². The van der Waals surface area contributed by atoms with E-state index < -0.39 is 5.54 Å². The number of imide groups is 1. The summed E-state index contributed by atoms with van der Waals surface area (Å²) in [4.78, 5) is 26.2. The minimum Gasteiger partial charge on any atom is -0.323 e. The Morgan fingerprint density at radius 1 is 1.23 bits per heavy atom. The molecular formula is C16H20BrFN2O2. The summed E-state index contributed by atoms with van der Waals surface area (Å²) in [6, 6.07) is 3.87. The molecule has 0 aromatic heterocycles. The number of urea groups is 1. The molecule has 1 N–H and O–H groups in total. The van der Waals surface area contributed by atoms with Crippen molar-refractivity contribution >= 4 is 27.9 Å². The first-order valence-electron chi connectivity index (χ1n) is 7.51. The topological polar surface area (TPSA) is 49.4 Å². The molecule has 1 fully saturated rings. The van der Waals surface area contributed by atoms with Crippen LogP contribution in [0, 0.1) is 5.82 Å². The Labute approximate surface area is 138 Å². The van der Waals surface area contributed by atoms with Gasteiger partial charge in [-0.1, -0.05) is 48.7 Å². The molecule has 0 aliphatic carbocycles. The van der Waals surface area contributed by atoms with Gasteiger partial charge >= 0.3 is 6.03 Å². The molecule has 22 heavy (non-hydrogen) atoms. The highest BCUT2D eigenvalue weighted by Gasteiger charge is 2.49. The molecule has 1 aliphatic heterocycles. The van der Waals surface area contributed by atoms with E-state index in [1.165, 1.54) is 17.0 Å². The zero-order valence-corrected chi connectivity index (χ0v) is 14.4. The average molecular weight is 371 g/mol. The molecular weight excluding hydrogens is 351 g/mol. The molecule has 0 radical (unpaired) electrons. The Balaban J connectivity index is 2.24. The van der Waals surface area contributed by atoms with Gasteiger partial charge in [-0.2, -0.15) is 0 Å². The van der Waals surface area contributed by atoms with E-state index in [0.717, 1.165) is 12.8 Å². The highest BCUT2D eigenvalue weighted by atomic mass is 79.9. The molecule has 1 heterocycles. The van der Waals surface area contributed by atoms with Crippen LogP contribution < -0.4 is 5.32 Å². The number of hydrogen-bond donors (Lipinski definition) is 1. The molecule has 1 aromatic rings. The van der Waals surface area contributed by atoms with Crippen LogP contribution in [0.25, 0.3) is 0 Å². The Hall–Kier alpha value is -1.43. The van der Waals surface area contributed by atoms with Gasteiger partial charge in [0.1, 0.15) is 11.4 Å². The summed E-state index contributed by atoms with van der Waals surface area (Å²) < 4.78 is 13.7. The molecule has 1 aromatic carbocycles.